The van der Waals surface area contributed by atoms with Gasteiger partial charge < -0.3 is 0 Å². The van der Waals surface area contributed by atoms with E-state index in [0.29, 0.717) is 0 Å². The van der Waals surface area contributed by atoms with Crippen LogP contribution in [0.5, 0.6) is 0 Å². The molecule has 2 aromatic heterocycles. The number of fused-ring (bicyclic) bond motifs is 1. The van der Waals surface area contributed by atoms with Gasteiger partial charge in [0, 0.05) is 12.6 Å². The Morgan fingerprint density at radius 3 is 2.77 bits per heavy atom. The Morgan fingerprint density at radius 2 is 2.08 bits per heavy atom. The van der Waals surface area contributed by atoms with Crippen molar-refractivity contribution in [2.45, 2.75) is 26.7 Å². The van der Waals surface area contributed by atoms with Crippen molar-refractivity contribution in [2.75, 3.05) is 0 Å². The number of rotatable bonds is 2. The zero-order valence-corrected chi connectivity index (χ0v) is 7.99. The molecule has 3 heteroatoms. The third kappa shape index (κ3) is 1.41. The maximum absolute atomic E-state index is 4.36. The predicted octanol–water partition coefficient (Wildman–Crippen LogP) is 1.85. The van der Waals surface area contributed by atoms with Gasteiger partial charge in [0.05, 0.1) is 0 Å². The smallest absolute Gasteiger partial charge is 0.155 e. The lowest BCUT2D eigenvalue weighted by atomic mass is 10.2. The van der Waals surface area contributed by atoms with Crippen molar-refractivity contribution < 1.29 is 0 Å². The Morgan fingerprint density at radius 1 is 1.23 bits per heavy atom. The first kappa shape index (κ1) is 8.23. The first-order chi connectivity index (χ1) is 6.33. The van der Waals surface area contributed by atoms with Gasteiger partial charge in [-0.15, -0.1) is 0 Å². The monoisotopic (exact) mass is 175 g/mol. The van der Waals surface area contributed by atoms with Crippen molar-refractivity contribution in [1.29, 1.82) is 0 Å². The topological polar surface area (TPSA) is 30.2 Å². The van der Waals surface area contributed by atoms with Gasteiger partial charge in [-0.1, -0.05) is 19.9 Å². The van der Waals surface area contributed by atoms with Gasteiger partial charge in [-0.05, 0) is 18.1 Å². The molecule has 2 aromatic rings. The second-order valence-corrected chi connectivity index (χ2v) is 3.08. The van der Waals surface area contributed by atoms with E-state index < -0.39 is 0 Å². The van der Waals surface area contributed by atoms with E-state index in [1.807, 2.05) is 16.8 Å². The zero-order chi connectivity index (χ0) is 9.26. The molecule has 0 aliphatic rings. The molecule has 0 spiro atoms. The van der Waals surface area contributed by atoms with Crippen molar-refractivity contribution in [3.63, 3.8) is 0 Å². The summed E-state index contributed by atoms with van der Waals surface area (Å²) in [6.07, 6.45) is 3.97. The van der Waals surface area contributed by atoms with Gasteiger partial charge in [0.15, 0.2) is 11.5 Å². The van der Waals surface area contributed by atoms with E-state index in [0.717, 1.165) is 24.3 Å². The molecule has 0 fully saturated rings. The van der Waals surface area contributed by atoms with E-state index in [1.54, 1.807) is 0 Å². The molecule has 0 aromatic carbocycles. The summed E-state index contributed by atoms with van der Waals surface area (Å²) in [5.74, 6) is 0.910. The maximum Gasteiger partial charge on any atom is 0.155 e. The Hall–Kier alpha value is -1.38. The van der Waals surface area contributed by atoms with Crippen LogP contribution in [-0.2, 0) is 12.8 Å². The third-order valence-electron chi connectivity index (χ3n) is 2.16. The average Bonchev–Trinajstić information content (AvgIpc) is 2.58. The van der Waals surface area contributed by atoms with Crippen molar-refractivity contribution in [2.24, 2.45) is 0 Å². The molecule has 3 nitrogen and oxygen atoms in total. The van der Waals surface area contributed by atoms with Gasteiger partial charge in [0.25, 0.3) is 0 Å². The fraction of sp³-hybridized carbons (Fsp3) is 0.400. The summed E-state index contributed by atoms with van der Waals surface area (Å²) in [6, 6.07) is 4.12. The normalized spacial score (nSPS) is 10.9. The molecule has 0 saturated heterocycles. The Kier molecular flexibility index (Phi) is 2.00. The fourth-order valence-electron chi connectivity index (χ4n) is 1.33. The second kappa shape index (κ2) is 3.17. The van der Waals surface area contributed by atoms with Crippen molar-refractivity contribution in [1.82, 2.24) is 14.6 Å². The quantitative estimate of drug-likeness (QED) is 0.697. The summed E-state index contributed by atoms with van der Waals surface area (Å²) in [5.41, 5.74) is 2.23. The molecule has 0 N–H and O–H groups in total. The van der Waals surface area contributed by atoms with Gasteiger partial charge in [0.1, 0.15) is 0 Å². The third-order valence-corrected chi connectivity index (χ3v) is 2.16. The number of hydrogen-bond acceptors (Lipinski definition) is 2. The summed E-state index contributed by atoms with van der Waals surface area (Å²) < 4.78 is 1.86. The summed E-state index contributed by atoms with van der Waals surface area (Å²) in [4.78, 5) is 4.36. The highest BCUT2D eigenvalue weighted by atomic mass is 15.3. The largest absolute Gasteiger partial charge is 0.221 e. The fourth-order valence-corrected chi connectivity index (χ4v) is 1.33. The van der Waals surface area contributed by atoms with Gasteiger partial charge in [0.2, 0.25) is 0 Å². The molecule has 0 bridgehead atoms. The molecule has 2 rings (SSSR count). The zero-order valence-electron chi connectivity index (χ0n) is 7.99. The van der Waals surface area contributed by atoms with Crippen LogP contribution < -0.4 is 0 Å². The summed E-state index contributed by atoms with van der Waals surface area (Å²) in [5, 5.41) is 4.35. The van der Waals surface area contributed by atoms with Gasteiger partial charge in [-0.25, -0.2) is 9.50 Å². The van der Waals surface area contributed by atoms with Gasteiger partial charge >= 0.3 is 0 Å². The number of aryl methyl sites for hydroxylation is 2. The first-order valence-corrected chi connectivity index (χ1v) is 4.67. The van der Waals surface area contributed by atoms with E-state index in [9.17, 15) is 0 Å². The maximum atomic E-state index is 4.36. The lowest BCUT2D eigenvalue weighted by Gasteiger charge is -1.95. The molecule has 2 heterocycles. The van der Waals surface area contributed by atoms with E-state index in [-0.39, 0.29) is 0 Å². The first-order valence-electron chi connectivity index (χ1n) is 4.67. The van der Waals surface area contributed by atoms with Crippen LogP contribution in [0.2, 0.25) is 0 Å². The Labute approximate surface area is 77.4 Å². The molecular formula is C10H13N3. The molecule has 0 radical (unpaired) electrons. The molecule has 0 saturated carbocycles. The number of pyridine rings is 1. The Balaban J connectivity index is 2.57. The van der Waals surface area contributed by atoms with E-state index in [4.69, 9.17) is 0 Å². The lowest BCUT2D eigenvalue weighted by Crippen LogP contribution is -1.90. The van der Waals surface area contributed by atoms with Crippen LogP contribution in [0, 0.1) is 0 Å². The molecule has 0 atom stereocenters. The average molecular weight is 175 g/mol. The van der Waals surface area contributed by atoms with Crippen molar-refractivity contribution >= 4 is 5.65 Å². The minimum absolute atomic E-state index is 0.892. The van der Waals surface area contributed by atoms with Crippen LogP contribution in [0.1, 0.15) is 25.2 Å². The van der Waals surface area contributed by atoms with Crippen LogP contribution in [0.3, 0.4) is 0 Å². The highest BCUT2D eigenvalue weighted by Gasteiger charge is 2.00. The SMILES string of the molecule is CCc1ccc2nc(CC)nn2c1. The van der Waals surface area contributed by atoms with Gasteiger partial charge in [-0.2, -0.15) is 5.10 Å². The van der Waals surface area contributed by atoms with Crippen LogP contribution >= 0.6 is 0 Å². The molecule has 0 aliphatic carbocycles. The van der Waals surface area contributed by atoms with E-state index in [2.05, 4.69) is 30.0 Å². The molecular weight excluding hydrogens is 162 g/mol. The van der Waals surface area contributed by atoms with Crippen LogP contribution in [0.25, 0.3) is 5.65 Å². The molecule has 0 aliphatic heterocycles. The highest BCUT2D eigenvalue weighted by Crippen LogP contribution is 2.05. The van der Waals surface area contributed by atoms with Gasteiger partial charge in [-0.3, -0.25) is 0 Å². The van der Waals surface area contributed by atoms with Crippen LogP contribution in [-0.4, -0.2) is 14.6 Å². The summed E-state index contributed by atoms with van der Waals surface area (Å²) >= 11 is 0. The minimum Gasteiger partial charge on any atom is -0.221 e. The molecule has 13 heavy (non-hydrogen) atoms. The second-order valence-electron chi connectivity index (χ2n) is 3.08. The summed E-state index contributed by atoms with van der Waals surface area (Å²) in [7, 11) is 0. The predicted molar refractivity (Wildman–Crippen MR) is 51.7 cm³/mol. The summed E-state index contributed by atoms with van der Waals surface area (Å²) in [6.45, 7) is 4.20. The number of nitrogens with zero attached hydrogens (tertiary/aromatic N) is 3. The molecule has 0 unspecified atom stereocenters. The molecule has 68 valence electrons. The highest BCUT2D eigenvalue weighted by molar-refractivity contribution is 5.38. The lowest BCUT2D eigenvalue weighted by molar-refractivity contribution is 0.876. The van der Waals surface area contributed by atoms with E-state index >= 15 is 0 Å². The van der Waals surface area contributed by atoms with E-state index in [1.165, 1.54) is 5.56 Å². The van der Waals surface area contributed by atoms with Crippen molar-refractivity contribution in [3.05, 3.63) is 29.7 Å². The Bertz CT molecular complexity index is 415. The standard InChI is InChI=1S/C10H13N3/c1-3-8-5-6-10-11-9(4-2)12-13(10)7-8/h5-7H,3-4H2,1-2H3. The van der Waals surface area contributed by atoms with Crippen LogP contribution in [0.15, 0.2) is 18.3 Å². The number of aromatic nitrogens is 3. The minimum atomic E-state index is 0.892. The van der Waals surface area contributed by atoms with Crippen LogP contribution in [0.4, 0.5) is 0 Å². The molecule has 0 amide bonds. The van der Waals surface area contributed by atoms with Crippen molar-refractivity contribution in [3.8, 4) is 0 Å². The number of hydrogen-bond donors (Lipinski definition) is 0.